The first-order valence-electron chi connectivity index (χ1n) is 9.69. The largest absolute Gasteiger partial charge is 0.492 e. The van der Waals surface area contributed by atoms with E-state index < -0.39 is 6.10 Å². The summed E-state index contributed by atoms with van der Waals surface area (Å²) in [6.45, 7) is 9.17. The summed E-state index contributed by atoms with van der Waals surface area (Å²) < 4.78 is 10.8. The van der Waals surface area contributed by atoms with Crippen molar-refractivity contribution in [2.24, 2.45) is 16.7 Å². The third-order valence-corrected chi connectivity index (χ3v) is 6.74. The van der Waals surface area contributed by atoms with Gasteiger partial charge in [-0.1, -0.05) is 51.8 Å². The van der Waals surface area contributed by atoms with Gasteiger partial charge in [0, 0.05) is 11.5 Å². The highest BCUT2D eigenvalue weighted by atomic mass is 16.5. The highest BCUT2D eigenvalue weighted by molar-refractivity contribution is 5.42. The number of hydrogen-bond donors (Lipinski definition) is 1. The Kier molecular flexibility index (Phi) is 5.01. The van der Waals surface area contributed by atoms with Crippen molar-refractivity contribution in [3.63, 3.8) is 0 Å². The topological polar surface area (TPSA) is 38.7 Å². The number of fused-ring (bicyclic) bond motifs is 1. The molecular formula is C23H32O3. The fraction of sp³-hybridized carbons (Fsp3) is 0.652. The Labute approximate surface area is 158 Å². The second-order valence-electron chi connectivity index (χ2n) is 8.91. The number of methoxy groups -OCH3 is 2. The molecule has 4 atom stereocenters. The maximum Gasteiger partial charge on any atom is 0.212 e. The molecule has 142 valence electrons. The van der Waals surface area contributed by atoms with Crippen LogP contribution in [0.1, 0.15) is 64.9 Å². The van der Waals surface area contributed by atoms with Crippen LogP contribution in [0.5, 0.6) is 11.5 Å². The molecule has 0 bridgehead atoms. The minimum atomic E-state index is -0.426. The molecule has 26 heavy (non-hydrogen) atoms. The second-order valence-corrected chi connectivity index (χ2v) is 8.91. The average molecular weight is 357 g/mol. The van der Waals surface area contributed by atoms with Gasteiger partial charge in [0.15, 0.2) is 5.75 Å². The van der Waals surface area contributed by atoms with Crippen molar-refractivity contribution in [1.82, 2.24) is 0 Å². The minimum Gasteiger partial charge on any atom is -0.492 e. The van der Waals surface area contributed by atoms with E-state index in [1.165, 1.54) is 18.4 Å². The Hall–Kier alpha value is -1.66. The van der Waals surface area contributed by atoms with Gasteiger partial charge in [-0.15, -0.1) is 0 Å². The molecule has 0 aliphatic heterocycles. The van der Waals surface area contributed by atoms with Gasteiger partial charge in [0.1, 0.15) is 0 Å². The van der Waals surface area contributed by atoms with Crippen molar-refractivity contribution in [2.45, 2.75) is 65.4 Å². The minimum absolute atomic E-state index is 0.0260. The van der Waals surface area contributed by atoms with Crippen molar-refractivity contribution >= 4 is 0 Å². The summed E-state index contributed by atoms with van der Waals surface area (Å²) in [6.07, 6.45) is 6.37. The van der Waals surface area contributed by atoms with Gasteiger partial charge in [-0.05, 0) is 48.1 Å². The van der Waals surface area contributed by atoms with Gasteiger partial charge in [0.2, 0.25) is 5.75 Å². The Balaban J connectivity index is 2.15. The molecule has 0 unspecified atom stereocenters. The first kappa shape index (κ1) is 19.1. The van der Waals surface area contributed by atoms with Crippen molar-refractivity contribution in [3.8, 4) is 11.5 Å². The molecule has 2 aliphatic carbocycles. The molecule has 0 heterocycles. The van der Waals surface area contributed by atoms with E-state index in [0.29, 0.717) is 11.5 Å². The highest BCUT2D eigenvalue weighted by Crippen LogP contribution is 2.60. The first-order valence-corrected chi connectivity index (χ1v) is 9.69. The summed E-state index contributed by atoms with van der Waals surface area (Å²) in [5.41, 5.74) is 2.54. The van der Waals surface area contributed by atoms with Crippen LogP contribution in [0.3, 0.4) is 0 Å². The van der Waals surface area contributed by atoms with Crippen LogP contribution in [0, 0.1) is 28.9 Å². The van der Waals surface area contributed by atoms with Gasteiger partial charge in [-0.2, -0.15) is 0 Å². The number of ether oxygens (including phenoxy) is 2. The van der Waals surface area contributed by atoms with E-state index in [2.05, 4.69) is 45.9 Å². The number of allylic oxidation sites excluding steroid dienone is 2. The van der Waals surface area contributed by atoms with Gasteiger partial charge in [-0.3, -0.25) is 0 Å². The maximum absolute atomic E-state index is 11.3. The zero-order chi connectivity index (χ0) is 19.1. The van der Waals surface area contributed by atoms with E-state index in [9.17, 15) is 5.11 Å². The third kappa shape index (κ3) is 2.99. The highest BCUT2D eigenvalue weighted by Gasteiger charge is 2.51. The standard InChI is InChI=1S/C23H32O3/c1-15-8-11-19-22(2,3)12-7-13-23(19,4)20(21(15)24)16-9-10-17(25-5)18(14-16)26-6/h11,14-15,20-21,24H,7-8,12-13H2,1-6H3/t15-,20+,21+,23+/m0/s1. The third-order valence-electron chi connectivity index (χ3n) is 6.74. The SMILES string of the molecule is COc1c#cc([C@@H]2[C@H](O)[C@@H](C)CC=C3C(C)(C)CCC[C@]32C)cc1OC. The summed E-state index contributed by atoms with van der Waals surface area (Å²) in [5, 5.41) is 11.3. The molecule has 0 saturated heterocycles. The zero-order valence-corrected chi connectivity index (χ0v) is 17.0. The van der Waals surface area contributed by atoms with Crippen LogP contribution in [0.2, 0.25) is 0 Å². The molecule has 3 heteroatoms. The lowest BCUT2D eigenvalue weighted by molar-refractivity contribution is 0.0336. The van der Waals surface area contributed by atoms with Crippen molar-refractivity contribution in [1.29, 1.82) is 0 Å². The summed E-state index contributed by atoms with van der Waals surface area (Å²) in [6, 6.07) is 8.35. The Morgan fingerprint density at radius 2 is 1.85 bits per heavy atom. The van der Waals surface area contributed by atoms with Crippen LogP contribution < -0.4 is 9.47 Å². The van der Waals surface area contributed by atoms with E-state index in [4.69, 9.17) is 9.47 Å². The molecule has 1 aromatic rings. The molecule has 0 aromatic heterocycles. The Bertz CT molecular complexity index is 691. The van der Waals surface area contributed by atoms with Gasteiger partial charge < -0.3 is 14.6 Å². The quantitative estimate of drug-likeness (QED) is 0.780. The van der Waals surface area contributed by atoms with E-state index >= 15 is 0 Å². The van der Waals surface area contributed by atoms with Crippen LogP contribution in [0.15, 0.2) is 17.7 Å². The van der Waals surface area contributed by atoms with Crippen LogP contribution >= 0.6 is 0 Å². The van der Waals surface area contributed by atoms with Crippen molar-refractivity contribution in [3.05, 3.63) is 35.4 Å². The maximum atomic E-state index is 11.3. The number of aliphatic hydroxyl groups is 1. The van der Waals surface area contributed by atoms with Gasteiger partial charge >= 0.3 is 0 Å². The Morgan fingerprint density at radius 3 is 2.50 bits per heavy atom. The lowest BCUT2D eigenvalue weighted by Gasteiger charge is -2.50. The predicted octanol–water partition coefficient (Wildman–Crippen LogP) is 4.93. The van der Waals surface area contributed by atoms with E-state index in [-0.39, 0.29) is 22.7 Å². The van der Waals surface area contributed by atoms with Crippen LogP contribution in [-0.2, 0) is 0 Å². The normalized spacial score (nSPS) is 33.3. The smallest absolute Gasteiger partial charge is 0.212 e. The van der Waals surface area contributed by atoms with Crippen LogP contribution in [0.25, 0.3) is 0 Å². The zero-order valence-electron chi connectivity index (χ0n) is 17.0. The number of rotatable bonds is 3. The van der Waals surface area contributed by atoms with E-state index in [0.717, 1.165) is 18.4 Å². The molecule has 0 radical (unpaired) electrons. The van der Waals surface area contributed by atoms with Crippen molar-refractivity contribution < 1.29 is 14.6 Å². The molecule has 1 N–H and O–H groups in total. The fourth-order valence-corrected chi connectivity index (χ4v) is 5.35. The van der Waals surface area contributed by atoms with Crippen LogP contribution in [-0.4, -0.2) is 25.4 Å². The molecule has 1 fully saturated rings. The van der Waals surface area contributed by atoms with Crippen molar-refractivity contribution in [2.75, 3.05) is 14.2 Å². The van der Waals surface area contributed by atoms with Gasteiger partial charge in [0.25, 0.3) is 0 Å². The average Bonchev–Trinajstić information content (AvgIpc) is 2.69. The first-order chi connectivity index (χ1) is 12.2. The molecule has 0 spiro atoms. The monoisotopic (exact) mass is 356 g/mol. The van der Waals surface area contributed by atoms with Gasteiger partial charge in [-0.25, -0.2) is 0 Å². The molecule has 1 aromatic carbocycles. The number of aliphatic hydroxyl groups excluding tert-OH is 1. The molecule has 0 amide bonds. The summed E-state index contributed by atoms with van der Waals surface area (Å²) in [5.74, 6) is 1.38. The molecule has 3 nitrogen and oxygen atoms in total. The molecular weight excluding hydrogens is 324 g/mol. The number of hydrogen-bond acceptors (Lipinski definition) is 3. The lowest BCUT2D eigenvalue weighted by atomic mass is 9.54. The molecule has 3 rings (SSSR count). The van der Waals surface area contributed by atoms with Gasteiger partial charge in [0.05, 0.1) is 20.3 Å². The Morgan fingerprint density at radius 1 is 1.12 bits per heavy atom. The predicted molar refractivity (Wildman–Crippen MR) is 104 cm³/mol. The molecule has 2 aliphatic rings. The van der Waals surface area contributed by atoms with E-state index in [1.54, 1.807) is 14.2 Å². The summed E-state index contributed by atoms with van der Waals surface area (Å²) in [7, 11) is 3.24. The lowest BCUT2D eigenvalue weighted by Crippen LogP contribution is -2.43. The molecule has 1 saturated carbocycles. The van der Waals surface area contributed by atoms with E-state index in [1.807, 2.05) is 6.07 Å². The fourth-order valence-electron chi connectivity index (χ4n) is 5.35. The van der Waals surface area contributed by atoms with Crippen LogP contribution in [0.4, 0.5) is 0 Å². The second kappa shape index (κ2) is 6.82. The summed E-state index contributed by atoms with van der Waals surface area (Å²) in [4.78, 5) is 0. The summed E-state index contributed by atoms with van der Waals surface area (Å²) >= 11 is 0.